The fraction of sp³-hybridized carbons (Fsp3) is 0.278. The van der Waals surface area contributed by atoms with Gasteiger partial charge in [-0.3, -0.25) is 4.79 Å². The van der Waals surface area contributed by atoms with Gasteiger partial charge in [0.1, 0.15) is 11.4 Å². The maximum absolute atomic E-state index is 13.5. The van der Waals surface area contributed by atoms with Crippen LogP contribution in [0.2, 0.25) is 0 Å². The Labute approximate surface area is 261 Å². The average molecular weight is 604 g/mol. The number of ether oxygens (including phenoxy) is 1. The standard InChI is InChI=1S/C36H37N5O2S/c1-23(2)18-19-43-30-17-14-26(20-24(30)3)32-27(22-40(38-32)29-10-8-7-9-11-29)21-31-34(42)41-35(44-31)37-33(39-41)25-12-15-28(16-13-25)36(4,5)6/h7-17,20-23H,18-19H2,1-6H3/b31-21-. The molecule has 0 fully saturated rings. The van der Waals surface area contributed by atoms with E-state index in [0.717, 1.165) is 45.8 Å². The van der Waals surface area contributed by atoms with E-state index in [1.54, 1.807) is 0 Å². The monoisotopic (exact) mass is 603 g/mol. The summed E-state index contributed by atoms with van der Waals surface area (Å²) in [7, 11) is 0. The van der Waals surface area contributed by atoms with Crippen molar-refractivity contribution in [3.8, 4) is 34.1 Å². The Balaban J connectivity index is 1.38. The van der Waals surface area contributed by atoms with Gasteiger partial charge in [-0.2, -0.15) is 14.6 Å². The van der Waals surface area contributed by atoms with E-state index in [-0.39, 0.29) is 11.0 Å². The number of hydrogen-bond donors (Lipinski definition) is 0. The predicted octanol–water partition coefficient (Wildman–Crippen LogP) is 7.25. The van der Waals surface area contributed by atoms with Crippen LogP contribution in [0.4, 0.5) is 0 Å². The number of benzene rings is 3. The first-order valence-electron chi connectivity index (χ1n) is 15.0. The maximum Gasteiger partial charge on any atom is 0.291 e. The molecule has 224 valence electrons. The van der Waals surface area contributed by atoms with Gasteiger partial charge in [0.05, 0.1) is 16.8 Å². The van der Waals surface area contributed by atoms with E-state index in [1.807, 2.05) is 71.6 Å². The van der Waals surface area contributed by atoms with Gasteiger partial charge in [-0.1, -0.05) is 88.4 Å². The second-order valence-corrected chi connectivity index (χ2v) is 13.6. The summed E-state index contributed by atoms with van der Waals surface area (Å²) in [5.41, 5.74) is 6.53. The van der Waals surface area contributed by atoms with Crippen LogP contribution in [0, 0.1) is 12.8 Å². The Bertz CT molecular complexity index is 2030. The number of nitrogens with zero attached hydrogens (tertiary/aromatic N) is 5. The fourth-order valence-corrected chi connectivity index (χ4v) is 5.91. The van der Waals surface area contributed by atoms with Crippen molar-refractivity contribution in [1.29, 1.82) is 0 Å². The summed E-state index contributed by atoms with van der Waals surface area (Å²) in [6.07, 6.45) is 4.86. The summed E-state index contributed by atoms with van der Waals surface area (Å²) < 4.78 is 9.85. The fourth-order valence-electron chi connectivity index (χ4n) is 5.01. The molecule has 0 saturated heterocycles. The zero-order valence-electron chi connectivity index (χ0n) is 26.0. The van der Waals surface area contributed by atoms with Crippen LogP contribution in [0.5, 0.6) is 5.75 Å². The topological polar surface area (TPSA) is 74.3 Å². The molecule has 0 amide bonds. The van der Waals surface area contributed by atoms with Crippen LogP contribution in [0.25, 0.3) is 39.4 Å². The molecule has 0 aliphatic heterocycles. The van der Waals surface area contributed by atoms with Crippen molar-refractivity contribution < 1.29 is 4.74 Å². The summed E-state index contributed by atoms with van der Waals surface area (Å²) in [5, 5.41) is 9.54. The minimum absolute atomic E-state index is 0.0581. The maximum atomic E-state index is 13.5. The van der Waals surface area contributed by atoms with E-state index in [0.29, 0.717) is 27.8 Å². The Kier molecular flexibility index (Phi) is 7.95. The van der Waals surface area contributed by atoms with Crippen molar-refractivity contribution >= 4 is 22.4 Å². The molecule has 6 rings (SSSR count). The number of thiazole rings is 1. The number of para-hydroxylation sites is 1. The van der Waals surface area contributed by atoms with Gasteiger partial charge in [-0.15, -0.1) is 5.10 Å². The van der Waals surface area contributed by atoms with Crippen molar-refractivity contribution in [2.24, 2.45) is 5.92 Å². The first kappa shape index (κ1) is 29.5. The minimum Gasteiger partial charge on any atom is -0.493 e. The third kappa shape index (κ3) is 6.08. The van der Waals surface area contributed by atoms with Gasteiger partial charge in [0.15, 0.2) is 5.82 Å². The van der Waals surface area contributed by atoms with Gasteiger partial charge >= 0.3 is 0 Å². The predicted molar refractivity (Wildman–Crippen MR) is 179 cm³/mol. The molecule has 0 aliphatic carbocycles. The van der Waals surface area contributed by atoms with Crippen LogP contribution in [0.3, 0.4) is 0 Å². The lowest BCUT2D eigenvalue weighted by Crippen LogP contribution is -2.23. The Morgan fingerprint density at radius 3 is 2.34 bits per heavy atom. The smallest absolute Gasteiger partial charge is 0.291 e. The third-order valence-electron chi connectivity index (χ3n) is 7.64. The highest BCUT2D eigenvalue weighted by Crippen LogP contribution is 2.30. The molecule has 0 bridgehead atoms. The second kappa shape index (κ2) is 11.8. The zero-order valence-corrected chi connectivity index (χ0v) is 26.9. The number of aryl methyl sites for hydroxylation is 1. The van der Waals surface area contributed by atoms with Crippen LogP contribution in [0.15, 0.2) is 83.8 Å². The molecule has 3 aromatic carbocycles. The van der Waals surface area contributed by atoms with Gasteiger partial charge in [-0.05, 0) is 72.2 Å². The number of hydrogen-bond acceptors (Lipinski definition) is 6. The lowest BCUT2D eigenvalue weighted by molar-refractivity contribution is 0.288. The first-order chi connectivity index (χ1) is 21.1. The molecule has 0 aliphatic rings. The van der Waals surface area contributed by atoms with Gasteiger partial charge in [0.25, 0.3) is 5.56 Å². The van der Waals surface area contributed by atoms with Crippen molar-refractivity contribution in [3.63, 3.8) is 0 Å². The molecule has 3 aromatic heterocycles. The van der Waals surface area contributed by atoms with Crippen LogP contribution in [-0.4, -0.2) is 31.0 Å². The minimum atomic E-state index is -0.196. The van der Waals surface area contributed by atoms with Crippen LogP contribution in [0.1, 0.15) is 57.7 Å². The molecular formula is C36H37N5O2S. The SMILES string of the molecule is Cc1cc(-c2nn(-c3ccccc3)cc2/C=c2\sc3nc(-c4ccc(C(C)(C)C)cc4)nn3c2=O)ccc1OCCC(C)C. The molecule has 8 heteroatoms. The molecule has 0 saturated carbocycles. The lowest BCUT2D eigenvalue weighted by Gasteiger charge is -2.18. The number of fused-ring (bicyclic) bond motifs is 1. The van der Waals surface area contributed by atoms with E-state index >= 15 is 0 Å². The summed E-state index contributed by atoms with van der Waals surface area (Å²) >= 11 is 1.33. The molecule has 0 N–H and O–H groups in total. The molecule has 0 unspecified atom stereocenters. The summed E-state index contributed by atoms with van der Waals surface area (Å²) in [5.74, 6) is 2.00. The van der Waals surface area contributed by atoms with E-state index in [4.69, 9.17) is 14.8 Å². The highest BCUT2D eigenvalue weighted by molar-refractivity contribution is 7.15. The van der Waals surface area contributed by atoms with Crippen LogP contribution < -0.4 is 14.8 Å². The molecule has 6 aromatic rings. The van der Waals surface area contributed by atoms with E-state index < -0.39 is 0 Å². The van der Waals surface area contributed by atoms with E-state index in [9.17, 15) is 4.79 Å². The van der Waals surface area contributed by atoms with Gasteiger partial charge < -0.3 is 4.74 Å². The molecule has 0 spiro atoms. The van der Waals surface area contributed by atoms with Gasteiger partial charge in [0.2, 0.25) is 4.96 Å². The first-order valence-corrected chi connectivity index (χ1v) is 15.8. The zero-order chi connectivity index (χ0) is 31.0. The molecular weight excluding hydrogens is 566 g/mol. The molecule has 0 atom stereocenters. The van der Waals surface area contributed by atoms with E-state index in [1.165, 1.54) is 21.4 Å². The van der Waals surface area contributed by atoms with Crippen molar-refractivity contribution in [3.05, 3.63) is 111 Å². The van der Waals surface area contributed by atoms with Crippen molar-refractivity contribution in [2.75, 3.05) is 6.61 Å². The quantitative estimate of drug-likeness (QED) is 0.183. The molecule has 0 radical (unpaired) electrons. The van der Waals surface area contributed by atoms with Crippen molar-refractivity contribution in [2.45, 2.75) is 53.4 Å². The largest absolute Gasteiger partial charge is 0.493 e. The van der Waals surface area contributed by atoms with Crippen LogP contribution >= 0.6 is 11.3 Å². The normalized spacial score (nSPS) is 12.5. The van der Waals surface area contributed by atoms with Gasteiger partial charge in [0, 0.05) is 22.9 Å². The average Bonchev–Trinajstić information content (AvgIpc) is 3.69. The summed E-state index contributed by atoms with van der Waals surface area (Å²) in [4.78, 5) is 18.8. The van der Waals surface area contributed by atoms with Crippen molar-refractivity contribution in [1.82, 2.24) is 24.4 Å². The Morgan fingerprint density at radius 1 is 0.955 bits per heavy atom. The number of rotatable bonds is 8. The molecule has 7 nitrogen and oxygen atoms in total. The Hall–Kier alpha value is -4.56. The molecule has 44 heavy (non-hydrogen) atoms. The molecule has 3 heterocycles. The summed E-state index contributed by atoms with van der Waals surface area (Å²) in [6.45, 7) is 13.7. The highest BCUT2D eigenvalue weighted by Gasteiger charge is 2.17. The Morgan fingerprint density at radius 2 is 1.68 bits per heavy atom. The van der Waals surface area contributed by atoms with Gasteiger partial charge in [-0.25, -0.2) is 4.68 Å². The summed E-state index contributed by atoms with van der Waals surface area (Å²) in [6, 6.07) is 24.3. The van der Waals surface area contributed by atoms with Crippen LogP contribution in [-0.2, 0) is 5.41 Å². The highest BCUT2D eigenvalue weighted by atomic mass is 32.1. The second-order valence-electron chi connectivity index (χ2n) is 12.6. The lowest BCUT2D eigenvalue weighted by atomic mass is 9.87. The van der Waals surface area contributed by atoms with E-state index in [2.05, 4.69) is 64.8 Å². The third-order valence-corrected chi connectivity index (χ3v) is 8.60. The number of aromatic nitrogens is 5.